The summed E-state index contributed by atoms with van der Waals surface area (Å²) in [5.41, 5.74) is 1.18. The Morgan fingerprint density at radius 3 is 2.46 bits per heavy atom. The van der Waals surface area contributed by atoms with Crippen molar-refractivity contribution in [2.45, 2.75) is 25.6 Å². The summed E-state index contributed by atoms with van der Waals surface area (Å²) in [4.78, 5) is 13.0. The first-order chi connectivity index (χ1) is 12.1. The number of aryl methyl sites for hydroxylation is 1. The Balaban J connectivity index is 0.00000243. The third-order valence-electron chi connectivity index (χ3n) is 4.45. The number of hydrogen-bond acceptors (Lipinski definition) is 3. The highest BCUT2D eigenvalue weighted by molar-refractivity contribution is 5.85. The van der Waals surface area contributed by atoms with Gasteiger partial charge >= 0.3 is 5.69 Å². The van der Waals surface area contributed by atoms with Crippen LogP contribution in [-0.4, -0.2) is 33.9 Å². The van der Waals surface area contributed by atoms with Gasteiger partial charge in [0.2, 0.25) is 0 Å². The number of aliphatic hydroxyl groups is 1. The molecule has 3 rings (SSSR count). The molecule has 0 fully saturated rings. The zero-order valence-electron chi connectivity index (χ0n) is 14.7. The van der Waals surface area contributed by atoms with Gasteiger partial charge in [-0.1, -0.05) is 36.4 Å². The molecule has 0 bridgehead atoms. The molecule has 5 nitrogen and oxygen atoms in total. The predicted molar refractivity (Wildman–Crippen MR) is 104 cm³/mol. The summed E-state index contributed by atoms with van der Waals surface area (Å²) in [5, 5.41) is 13.6. The maximum absolute atomic E-state index is 14.6. The van der Waals surface area contributed by atoms with Crippen LogP contribution in [-0.2, 0) is 6.54 Å². The van der Waals surface area contributed by atoms with Crippen LogP contribution in [0, 0.1) is 5.82 Å². The number of nitrogens with one attached hydrogen (secondary N) is 1. The molecule has 0 radical (unpaired) electrons. The van der Waals surface area contributed by atoms with Crippen LogP contribution in [0.5, 0.6) is 0 Å². The van der Waals surface area contributed by atoms with E-state index < -0.39 is 18.0 Å². The van der Waals surface area contributed by atoms with Crippen molar-refractivity contribution in [3.05, 3.63) is 70.4 Å². The van der Waals surface area contributed by atoms with Crippen LogP contribution in [0.25, 0.3) is 11.0 Å². The van der Waals surface area contributed by atoms with Crippen molar-refractivity contribution in [2.75, 3.05) is 13.6 Å². The average Bonchev–Trinajstić information content (AvgIpc) is 2.89. The lowest BCUT2D eigenvalue weighted by atomic mass is 10.0. The molecule has 1 heterocycles. The first-order valence-corrected chi connectivity index (χ1v) is 8.37. The normalized spacial score (nSPS) is 13.4. The van der Waals surface area contributed by atoms with E-state index in [0.717, 1.165) is 5.56 Å². The van der Waals surface area contributed by atoms with Gasteiger partial charge in [-0.05, 0) is 31.7 Å². The molecular weight excluding hydrogens is 357 g/mol. The van der Waals surface area contributed by atoms with Gasteiger partial charge in [0.15, 0.2) is 0 Å². The quantitative estimate of drug-likeness (QED) is 0.692. The molecule has 7 heteroatoms. The molecule has 0 amide bonds. The van der Waals surface area contributed by atoms with Gasteiger partial charge in [0.25, 0.3) is 0 Å². The number of halogens is 2. The van der Waals surface area contributed by atoms with E-state index in [4.69, 9.17) is 0 Å². The molecule has 0 spiro atoms. The molecule has 2 atom stereocenters. The first-order valence-electron chi connectivity index (χ1n) is 8.37. The SMILES string of the molecule is CCn1c(=O)n([C@@H](c2ccccc2)[C@@H](O)CNC)c2c(F)cccc21.Cl. The number of hydrogen-bond donors (Lipinski definition) is 2. The number of aliphatic hydroxyl groups excluding tert-OH is 1. The van der Waals surface area contributed by atoms with Gasteiger partial charge in [-0.2, -0.15) is 0 Å². The molecule has 2 N–H and O–H groups in total. The monoisotopic (exact) mass is 379 g/mol. The van der Waals surface area contributed by atoms with E-state index in [2.05, 4.69) is 5.32 Å². The Kier molecular flexibility index (Phi) is 6.58. The summed E-state index contributed by atoms with van der Waals surface area (Å²) in [5.74, 6) is -0.473. The number of aromatic nitrogens is 2. The second kappa shape index (κ2) is 8.49. The minimum absolute atomic E-state index is 0. The number of nitrogens with zero attached hydrogens (tertiary/aromatic N) is 2. The van der Waals surface area contributed by atoms with Gasteiger partial charge in [-0.15, -0.1) is 12.4 Å². The second-order valence-corrected chi connectivity index (χ2v) is 5.98. The van der Waals surface area contributed by atoms with Crippen LogP contribution in [0.1, 0.15) is 18.5 Å². The minimum atomic E-state index is -0.888. The van der Waals surface area contributed by atoms with Crippen LogP contribution in [0.2, 0.25) is 0 Å². The lowest BCUT2D eigenvalue weighted by molar-refractivity contribution is 0.130. The predicted octanol–water partition coefficient (Wildman–Crippen LogP) is 2.55. The Labute approximate surface area is 157 Å². The third kappa shape index (κ3) is 3.40. The molecule has 0 aliphatic rings. The molecule has 2 aromatic carbocycles. The molecular formula is C19H23ClFN3O2. The van der Waals surface area contributed by atoms with E-state index in [9.17, 15) is 14.3 Å². The summed E-state index contributed by atoms with van der Waals surface area (Å²) in [7, 11) is 1.73. The van der Waals surface area contributed by atoms with Crippen molar-refractivity contribution in [1.82, 2.24) is 14.5 Å². The van der Waals surface area contributed by atoms with Gasteiger partial charge in [-0.25, -0.2) is 9.18 Å². The summed E-state index contributed by atoms with van der Waals surface area (Å²) in [6, 6.07) is 13.2. The highest BCUT2D eigenvalue weighted by Crippen LogP contribution is 2.27. The number of imidazole rings is 1. The minimum Gasteiger partial charge on any atom is -0.389 e. The highest BCUT2D eigenvalue weighted by Gasteiger charge is 2.28. The van der Waals surface area contributed by atoms with Gasteiger partial charge in [0.1, 0.15) is 11.3 Å². The second-order valence-electron chi connectivity index (χ2n) is 5.98. The van der Waals surface area contributed by atoms with Gasteiger partial charge < -0.3 is 10.4 Å². The average molecular weight is 380 g/mol. The Hall–Kier alpha value is -2.15. The van der Waals surface area contributed by atoms with Crippen LogP contribution in [0.4, 0.5) is 4.39 Å². The van der Waals surface area contributed by atoms with Gasteiger partial charge in [0.05, 0.1) is 17.7 Å². The summed E-state index contributed by atoms with van der Waals surface area (Å²) in [6.07, 6.45) is -0.888. The van der Waals surface area contributed by atoms with Crippen LogP contribution in [0.15, 0.2) is 53.3 Å². The van der Waals surface area contributed by atoms with E-state index in [1.54, 1.807) is 19.2 Å². The summed E-state index contributed by atoms with van der Waals surface area (Å²) in [6.45, 7) is 2.55. The van der Waals surface area contributed by atoms with E-state index in [1.165, 1.54) is 15.2 Å². The fourth-order valence-corrected chi connectivity index (χ4v) is 3.37. The topological polar surface area (TPSA) is 59.2 Å². The van der Waals surface area contributed by atoms with Crippen molar-refractivity contribution < 1.29 is 9.50 Å². The zero-order chi connectivity index (χ0) is 18.0. The number of para-hydroxylation sites is 1. The highest BCUT2D eigenvalue weighted by atomic mass is 35.5. The number of likely N-dealkylation sites (N-methyl/N-ethyl adjacent to an activating group) is 1. The molecule has 0 saturated heterocycles. The van der Waals surface area contributed by atoms with Gasteiger partial charge in [0, 0.05) is 13.1 Å². The molecule has 3 aromatic rings. The summed E-state index contributed by atoms with van der Waals surface area (Å²) < 4.78 is 17.5. The maximum Gasteiger partial charge on any atom is 0.329 e. The smallest absolute Gasteiger partial charge is 0.329 e. The Morgan fingerprint density at radius 1 is 1.15 bits per heavy atom. The molecule has 0 aliphatic carbocycles. The molecule has 1 aromatic heterocycles. The maximum atomic E-state index is 14.6. The van der Waals surface area contributed by atoms with E-state index >= 15 is 0 Å². The zero-order valence-corrected chi connectivity index (χ0v) is 15.5. The number of benzene rings is 2. The Morgan fingerprint density at radius 2 is 1.85 bits per heavy atom. The summed E-state index contributed by atoms with van der Waals surface area (Å²) >= 11 is 0. The van der Waals surface area contributed by atoms with Crippen LogP contribution in [0.3, 0.4) is 0 Å². The molecule has 26 heavy (non-hydrogen) atoms. The first kappa shape index (κ1) is 20.2. The van der Waals surface area contributed by atoms with Crippen molar-refractivity contribution in [3.8, 4) is 0 Å². The molecule has 140 valence electrons. The number of rotatable bonds is 6. The van der Waals surface area contributed by atoms with E-state index in [0.29, 0.717) is 12.1 Å². The van der Waals surface area contributed by atoms with Crippen molar-refractivity contribution in [2.24, 2.45) is 0 Å². The Bertz CT molecular complexity index is 924. The van der Waals surface area contributed by atoms with Gasteiger partial charge in [-0.3, -0.25) is 9.13 Å². The fraction of sp³-hybridized carbons (Fsp3) is 0.316. The molecule has 0 unspecified atom stereocenters. The lowest BCUT2D eigenvalue weighted by Crippen LogP contribution is -2.38. The van der Waals surface area contributed by atoms with E-state index in [1.807, 2.05) is 37.3 Å². The standard InChI is InChI=1S/C19H22FN3O2.ClH/c1-3-22-15-11-7-10-14(20)18(15)23(19(22)25)17(16(24)12-21-2)13-8-5-4-6-9-13;/h4-11,16-17,21,24H,3,12H2,1-2H3;1H/t16-,17-;/m0./s1. The van der Waals surface area contributed by atoms with Crippen LogP contribution < -0.4 is 11.0 Å². The largest absolute Gasteiger partial charge is 0.389 e. The van der Waals surface area contributed by atoms with Crippen molar-refractivity contribution >= 4 is 23.4 Å². The molecule has 0 saturated carbocycles. The number of fused-ring (bicyclic) bond motifs is 1. The lowest BCUT2D eigenvalue weighted by Gasteiger charge is -2.25. The van der Waals surface area contributed by atoms with Crippen molar-refractivity contribution in [1.29, 1.82) is 0 Å². The fourth-order valence-electron chi connectivity index (χ4n) is 3.37. The van der Waals surface area contributed by atoms with Crippen LogP contribution >= 0.6 is 12.4 Å². The van der Waals surface area contributed by atoms with E-state index in [-0.39, 0.29) is 30.2 Å². The molecule has 0 aliphatic heterocycles. The third-order valence-corrected chi connectivity index (χ3v) is 4.45. The van der Waals surface area contributed by atoms with Crippen molar-refractivity contribution in [3.63, 3.8) is 0 Å².